The Morgan fingerprint density at radius 2 is 1.77 bits per heavy atom. The normalized spacial score (nSPS) is 29.1. The lowest BCUT2D eigenvalue weighted by molar-refractivity contribution is 0.212. The van der Waals surface area contributed by atoms with E-state index in [0.717, 1.165) is 18.3 Å². The molecule has 0 saturated heterocycles. The van der Waals surface area contributed by atoms with E-state index in [-0.39, 0.29) is 5.54 Å². The van der Waals surface area contributed by atoms with E-state index in [1.165, 1.54) is 12.8 Å². The van der Waals surface area contributed by atoms with Crippen molar-refractivity contribution in [1.29, 1.82) is 0 Å². The lowest BCUT2D eigenvalue weighted by Crippen LogP contribution is -2.38. The van der Waals surface area contributed by atoms with Gasteiger partial charge in [0.1, 0.15) is 0 Å². The standard InChI is InChI=1S/C12H25N/c1-6-9-7-10(9)11(2,3)8-12(4,5)13/h9-10H,6-8,13H2,1-5H3. The van der Waals surface area contributed by atoms with Crippen LogP contribution in [0.2, 0.25) is 0 Å². The second-order valence-electron chi connectivity index (χ2n) is 6.16. The lowest BCUT2D eigenvalue weighted by atomic mass is 9.76. The Morgan fingerprint density at radius 3 is 2.08 bits per heavy atom. The molecule has 0 aromatic rings. The van der Waals surface area contributed by atoms with Crippen LogP contribution in [0.15, 0.2) is 0 Å². The van der Waals surface area contributed by atoms with Gasteiger partial charge in [-0.1, -0.05) is 27.2 Å². The largest absolute Gasteiger partial charge is 0.326 e. The number of nitrogens with two attached hydrogens (primary N) is 1. The van der Waals surface area contributed by atoms with Gasteiger partial charge >= 0.3 is 0 Å². The zero-order valence-electron chi connectivity index (χ0n) is 9.85. The Labute approximate surface area is 83.1 Å². The van der Waals surface area contributed by atoms with Crippen molar-refractivity contribution in [1.82, 2.24) is 0 Å². The summed E-state index contributed by atoms with van der Waals surface area (Å²) in [5, 5.41) is 0. The highest BCUT2D eigenvalue weighted by Gasteiger charge is 2.47. The fourth-order valence-electron chi connectivity index (χ4n) is 2.96. The first kappa shape index (κ1) is 11.0. The maximum absolute atomic E-state index is 6.07. The summed E-state index contributed by atoms with van der Waals surface area (Å²) in [7, 11) is 0. The van der Waals surface area contributed by atoms with E-state index in [1.807, 2.05) is 0 Å². The number of hydrogen-bond donors (Lipinski definition) is 1. The minimum absolute atomic E-state index is 0.00954. The SMILES string of the molecule is CCC1CC1C(C)(C)CC(C)(C)N. The van der Waals surface area contributed by atoms with E-state index >= 15 is 0 Å². The molecule has 2 atom stereocenters. The number of rotatable bonds is 4. The molecule has 0 aromatic heterocycles. The van der Waals surface area contributed by atoms with Crippen LogP contribution in [0.5, 0.6) is 0 Å². The van der Waals surface area contributed by atoms with Gasteiger partial charge in [0, 0.05) is 5.54 Å². The van der Waals surface area contributed by atoms with E-state index in [1.54, 1.807) is 0 Å². The molecule has 1 saturated carbocycles. The summed E-state index contributed by atoms with van der Waals surface area (Å²) in [4.78, 5) is 0. The molecule has 0 heterocycles. The van der Waals surface area contributed by atoms with Crippen LogP contribution in [0, 0.1) is 17.3 Å². The van der Waals surface area contributed by atoms with Gasteiger partial charge in [-0.25, -0.2) is 0 Å². The fourth-order valence-corrected chi connectivity index (χ4v) is 2.96. The van der Waals surface area contributed by atoms with Crippen LogP contribution >= 0.6 is 0 Å². The van der Waals surface area contributed by atoms with E-state index in [2.05, 4.69) is 34.6 Å². The molecule has 1 aliphatic carbocycles. The summed E-state index contributed by atoms with van der Waals surface area (Å²) in [6, 6.07) is 0. The maximum Gasteiger partial charge on any atom is 0.0102 e. The highest BCUT2D eigenvalue weighted by Crippen LogP contribution is 2.54. The number of hydrogen-bond acceptors (Lipinski definition) is 1. The van der Waals surface area contributed by atoms with E-state index in [0.29, 0.717) is 5.41 Å². The first-order valence-corrected chi connectivity index (χ1v) is 5.55. The van der Waals surface area contributed by atoms with Crippen molar-refractivity contribution < 1.29 is 0 Å². The average molecular weight is 183 g/mol. The fraction of sp³-hybridized carbons (Fsp3) is 1.00. The molecule has 1 nitrogen and oxygen atoms in total. The molecule has 2 unspecified atom stereocenters. The van der Waals surface area contributed by atoms with Crippen LogP contribution in [0.3, 0.4) is 0 Å². The van der Waals surface area contributed by atoms with Crippen molar-refractivity contribution in [3.8, 4) is 0 Å². The molecule has 13 heavy (non-hydrogen) atoms. The molecule has 0 aromatic carbocycles. The summed E-state index contributed by atoms with van der Waals surface area (Å²) in [5.74, 6) is 1.91. The van der Waals surface area contributed by atoms with Crippen LogP contribution in [0.4, 0.5) is 0 Å². The second-order valence-corrected chi connectivity index (χ2v) is 6.16. The highest BCUT2D eigenvalue weighted by molar-refractivity contribution is 4.98. The third-order valence-corrected chi connectivity index (χ3v) is 3.36. The predicted molar refractivity (Wildman–Crippen MR) is 58.6 cm³/mol. The predicted octanol–water partition coefficient (Wildman–Crippen LogP) is 3.19. The molecule has 1 heteroatoms. The Kier molecular flexibility index (Phi) is 2.78. The Morgan fingerprint density at radius 1 is 1.23 bits per heavy atom. The smallest absolute Gasteiger partial charge is 0.0102 e. The van der Waals surface area contributed by atoms with Gasteiger partial charge in [-0.3, -0.25) is 0 Å². The quantitative estimate of drug-likeness (QED) is 0.711. The van der Waals surface area contributed by atoms with Gasteiger partial charge in [-0.15, -0.1) is 0 Å². The molecule has 0 radical (unpaired) electrons. The molecular formula is C12H25N. The molecule has 0 amide bonds. The minimum Gasteiger partial charge on any atom is -0.326 e. The Bertz CT molecular complexity index is 176. The monoisotopic (exact) mass is 183 g/mol. The molecule has 2 N–H and O–H groups in total. The zero-order chi connectivity index (χ0) is 10.3. The topological polar surface area (TPSA) is 26.0 Å². The first-order valence-electron chi connectivity index (χ1n) is 5.55. The van der Waals surface area contributed by atoms with E-state index in [9.17, 15) is 0 Å². The summed E-state index contributed by atoms with van der Waals surface area (Å²) < 4.78 is 0. The second kappa shape index (κ2) is 3.27. The van der Waals surface area contributed by atoms with Crippen LogP contribution in [0.1, 0.15) is 53.9 Å². The molecule has 0 spiro atoms. The molecular weight excluding hydrogens is 158 g/mol. The summed E-state index contributed by atoms with van der Waals surface area (Å²) in [6.45, 7) is 11.3. The Hall–Kier alpha value is -0.0400. The van der Waals surface area contributed by atoms with Crippen molar-refractivity contribution in [3.05, 3.63) is 0 Å². The minimum atomic E-state index is -0.00954. The molecule has 1 rings (SSSR count). The zero-order valence-corrected chi connectivity index (χ0v) is 9.85. The Balaban J connectivity index is 2.48. The first-order chi connectivity index (χ1) is 5.76. The third kappa shape index (κ3) is 2.98. The summed E-state index contributed by atoms with van der Waals surface area (Å²) >= 11 is 0. The third-order valence-electron chi connectivity index (χ3n) is 3.36. The van der Waals surface area contributed by atoms with Crippen LogP contribution in [-0.4, -0.2) is 5.54 Å². The van der Waals surface area contributed by atoms with Gasteiger partial charge in [-0.05, 0) is 43.9 Å². The van der Waals surface area contributed by atoms with Crippen molar-refractivity contribution in [2.45, 2.75) is 59.4 Å². The molecule has 0 aliphatic heterocycles. The van der Waals surface area contributed by atoms with Gasteiger partial charge in [0.25, 0.3) is 0 Å². The van der Waals surface area contributed by atoms with Crippen molar-refractivity contribution in [2.75, 3.05) is 0 Å². The van der Waals surface area contributed by atoms with Gasteiger partial charge in [0.05, 0.1) is 0 Å². The maximum atomic E-state index is 6.07. The van der Waals surface area contributed by atoms with Gasteiger partial charge < -0.3 is 5.73 Å². The molecule has 1 fully saturated rings. The van der Waals surface area contributed by atoms with Crippen molar-refractivity contribution in [3.63, 3.8) is 0 Å². The van der Waals surface area contributed by atoms with Gasteiger partial charge in [0.15, 0.2) is 0 Å². The molecule has 78 valence electrons. The van der Waals surface area contributed by atoms with Gasteiger partial charge in [0.2, 0.25) is 0 Å². The van der Waals surface area contributed by atoms with Gasteiger partial charge in [-0.2, -0.15) is 0 Å². The molecule has 0 bridgehead atoms. The summed E-state index contributed by atoms with van der Waals surface area (Å²) in [5.41, 5.74) is 6.51. The van der Waals surface area contributed by atoms with Crippen LogP contribution in [-0.2, 0) is 0 Å². The van der Waals surface area contributed by atoms with E-state index in [4.69, 9.17) is 5.73 Å². The van der Waals surface area contributed by atoms with E-state index < -0.39 is 0 Å². The highest BCUT2D eigenvalue weighted by atomic mass is 14.7. The van der Waals surface area contributed by atoms with Crippen molar-refractivity contribution >= 4 is 0 Å². The summed E-state index contributed by atoms with van der Waals surface area (Å²) in [6.07, 6.45) is 3.92. The molecule has 1 aliphatic rings. The van der Waals surface area contributed by atoms with Crippen LogP contribution in [0.25, 0.3) is 0 Å². The lowest BCUT2D eigenvalue weighted by Gasteiger charge is -2.33. The average Bonchev–Trinajstić information content (AvgIpc) is 2.58. The van der Waals surface area contributed by atoms with Crippen LogP contribution < -0.4 is 5.73 Å². The van der Waals surface area contributed by atoms with Crippen molar-refractivity contribution in [2.24, 2.45) is 23.0 Å².